The van der Waals surface area contributed by atoms with Crippen molar-refractivity contribution in [3.63, 3.8) is 0 Å². The van der Waals surface area contributed by atoms with Crippen LogP contribution in [0.1, 0.15) is 56.9 Å². The summed E-state index contributed by atoms with van der Waals surface area (Å²) in [6, 6.07) is 16.0. The molecule has 6 aromatic rings. The average molecular weight is 782 g/mol. The Morgan fingerprint density at radius 1 is 0.786 bits per heavy atom. The normalized spacial score (nSPS) is 20.7. The van der Waals surface area contributed by atoms with Gasteiger partial charge in [-0.15, -0.1) is 23.4 Å². The van der Waals surface area contributed by atoms with Crippen LogP contribution in [0.4, 0.5) is 37.7 Å². The predicted octanol–water partition coefficient (Wildman–Crippen LogP) is 7.99. The van der Waals surface area contributed by atoms with Crippen molar-refractivity contribution in [2.24, 2.45) is 0 Å². The minimum absolute atomic E-state index is 0.0656. The lowest BCUT2D eigenvalue weighted by molar-refractivity contribution is -0.499. The Hall–Kier alpha value is -5.42. The van der Waals surface area contributed by atoms with E-state index in [9.17, 15) is 31.4 Å². The van der Waals surface area contributed by atoms with Crippen LogP contribution in [-0.4, -0.2) is 67.2 Å². The van der Waals surface area contributed by atoms with E-state index in [0.29, 0.717) is 24.2 Å². The summed E-state index contributed by atoms with van der Waals surface area (Å²) in [7, 11) is 1.69. The van der Waals surface area contributed by atoms with Crippen molar-refractivity contribution in [1.82, 2.24) is 24.4 Å². The van der Waals surface area contributed by atoms with Gasteiger partial charge in [0, 0.05) is 37.0 Å². The molecule has 4 aromatic heterocycles. The molecule has 17 heteroatoms. The molecule has 0 aliphatic heterocycles. The molecule has 8 rings (SSSR count). The summed E-state index contributed by atoms with van der Waals surface area (Å²) in [5.41, 5.74) is 1.49. The molecule has 2 fully saturated rings. The average Bonchev–Trinajstić information content (AvgIpc) is 3.77. The molecule has 3 N–H and O–H groups in total. The van der Waals surface area contributed by atoms with Crippen molar-refractivity contribution in [2.45, 2.75) is 88.2 Å². The number of anilines is 2. The third kappa shape index (κ3) is 7.95. The molecular formula is C39H39F6N8O3+. The SMILES string of the molecule is COC1CCC(Nc2ccc3n(-c4ccc(-c5nnc6ccc(NC7CCC(O)CC7)cn56)cc4OC(F)(F)F)nc(-c4cccc(C(F)(F)F)c4)[n+]3c2)CC1. The van der Waals surface area contributed by atoms with Crippen LogP contribution in [0.3, 0.4) is 0 Å². The van der Waals surface area contributed by atoms with Crippen molar-refractivity contribution in [3.8, 4) is 34.2 Å². The Morgan fingerprint density at radius 2 is 1.50 bits per heavy atom. The molecule has 2 aliphatic rings. The van der Waals surface area contributed by atoms with E-state index >= 15 is 0 Å². The fraction of sp³-hybridized carbons (Fsp3) is 0.385. The standard InChI is InChI=1S/C39H39F6N8O3/c1-55-31-14-8-27(9-15-31)47-29-11-18-35-52(22-29)37(23-3-2-4-25(19-23)38(40,41)42)50-53(35)32-16-5-24(20-33(32)56-39(43,44)45)36-49-48-34-17-10-28(21-51(34)36)46-26-6-12-30(54)13-7-26/h2-5,10-11,16-22,26-27,30-31,46-47,54H,6-9,12-15H2,1H3/q+1. The maximum atomic E-state index is 14.1. The van der Waals surface area contributed by atoms with Crippen molar-refractivity contribution in [1.29, 1.82) is 0 Å². The lowest BCUT2D eigenvalue weighted by atomic mass is 9.93. The number of rotatable bonds is 9. The molecule has 0 saturated heterocycles. The zero-order valence-corrected chi connectivity index (χ0v) is 30.2. The Labute approximate surface area is 316 Å². The van der Waals surface area contributed by atoms with Gasteiger partial charge in [-0.3, -0.25) is 4.40 Å². The van der Waals surface area contributed by atoms with E-state index in [0.717, 1.165) is 56.3 Å². The largest absolute Gasteiger partial charge is 0.573 e. The molecule has 0 atom stereocenters. The number of aliphatic hydroxyl groups excluding tert-OH is 1. The molecule has 56 heavy (non-hydrogen) atoms. The number of aliphatic hydroxyl groups is 1. The third-order valence-electron chi connectivity index (χ3n) is 10.5. The Bertz CT molecular complexity index is 2340. The van der Waals surface area contributed by atoms with Crippen molar-refractivity contribution in [2.75, 3.05) is 17.7 Å². The highest BCUT2D eigenvalue weighted by atomic mass is 19.4. The van der Waals surface area contributed by atoms with Crippen LogP contribution in [0.2, 0.25) is 0 Å². The molecule has 2 aromatic carbocycles. The summed E-state index contributed by atoms with van der Waals surface area (Å²) in [5, 5.41) is 30.0. The number of ether oxygens (including phenoxy) is 2. The smallest absolute Gasteiger partial charge is 0.402 e. The second kappa shape index (κ2) is 14.9. The van der Waals surface area contributed by atoms with Crippen LogP contribution < -0.4 is 19.8 Å². The maximum Gasteiger partial charge on any atom is 0.573 e. The van der Waals surface area contributed by atoms with Crippen molar-refractivity contribution < 1.29 is 45.3 Å². The van der Waals surface area contributed by atoms with Gasteiger partial charge in [0.2, 0.25) is 0 Å². The molecule has 0 spiro atoms. The molecule has 11 nitrogen and oxygen atoms in total. The fourth-order valence-electron chi connectivity index (χ4n) is 7.67. The summed E-state index contributed by atoms with van der Waals surface area (Å²) in [6.45, 7) is 0. The first kappa shape index (κ1) is 37.5. The van der Waals surface area contributed by atoms with E-state index in [-0.39, 0.29) is 58.4 Å². The van der Waals surface area contributed by atoms with Gasteiger partial charge < -0.3 is 25.2 Å². The van der Waals surface area contributed by atoms with Gasteiger partial charge in [-0.05, 0) is 106 Å². The molecular weight excluding hydrogens is 742 g/mol. The number of hydrogen-bond acceptors (Lipinski definition) is 8. The fourth-order valence-corrected chi connectivity index (χ4v) is 7.67. The Kier molecular flexibility index (Phi) is 9.99. The minimum atomic E-state index is -5.11. The molecule has 4 heterocycles. The molecule has 2 saturated carbocycles. The van der Waals surface area contributed by atoms with Crippen LogP contribution in [0.15, 0.2) is 79.1 Å². The molecule has 0 unspecified atom stereocenters. The number of halogens is 6. The lowest BCUT2D eigenvalue weighted by Crippen LogP contribution is -2.30. The first-order chi connectivity index (χ1) is 26.8. The zero-order valence-electron chi connectivity index (χ0n) is 30.2. The van der Waals surface area contributed by atoms with Crippen molar-refractivity contribution >= 4 is 22.7 Å². The van der Waals surface area contributed by atoms with Gasteiger partial charge in [0.05, 0.1) is 46.0 Å². The summed E-state index contributed by atoms with van der Waals surface area (Å²) in [4.78, 5) is 0. The number of nitrogens with zero attached hydrogens (tertiary/aromatic N) is 6. The number of nitrogens with one attached hydrogen (secondary N) is 2. The number of fused-ring (bicyclic) bond motifs is 2. The topological polar surface area (TPSA) is 115 Å². The van der Waals surface area contributed by atoms with Crippen LogP contribution in [0.25, 0.3) is 39.8 Å². The highest BCUT2D eigenvalue weighted by Crippen LogP contribution is 2.36. The van der Waals surface area contributed by atoms with E-state index in [1.54, 1.807) is 52.6 Å². The zero-order chi connectivity index (χ0) is 39.2. The quantitative estimate of drug-likeness (QED) is 0.100. The van der Waals surface area contributed by atoms with Gasteiger partial charge in [-0.2, -0.15) is 17.6 Å². The van der Waals surface area contributed by atoms with E-state index in [1.165, 1.54) is 28.9 Å². The number of methoxy groups -OCH3 is 1. The second-order valence-electron chi connectivity index (χ2n) is 14.4. The second-order valence-corrected chi connectivity index (χ2v) is 14.4. The molecule has 294 valence electrons. The number of aromatic nitrogens is 6. The number of pyridine rings is 2. The Morgan fingerprint density at radius 3 is 2.21 bits per heavy atom. The number of benzene rings is 2. The Balaban J connectivity index is 1.21. The van der Waals surface area contributed by atoms with E-state index < -0.39 is 23.9 Å². The van der Waals surface area contributed by atoms with Crippen molar-refractivity contribution in [3.05, 3.63) is 84.7 Å². The van der Waals surface area contributed by atoms with E-state index in [4.69, 9.17) is 4.74 Å². The van der Waals surface area contributed by atoms with Crippen LogP contribution >= 0.6 is 0 Å². The van der Waals surface area contributed by atoms with Crippen LogP contribution in [0, 0.1) is 0 Å². The molecule has 0 amide bonds. The van der Waals surface area contributed by atoms with E-state index in [2.05, 4.69) is 30.7 Å². The highest BCUT2D eigenvalue weighted by Gasteiger charge is 2.36. The summed E-state index contributed by atoms with van der Waals surface area (Å²) < 4.78 is 98.4. The van der Waals surface area contributed by atoms with Gasteiger partial charge in [0.1, 0.15) is 0 Å². The first-order valence-corrected chi connectivity index (χ1v) is 18.4. The van der Waals surface area contributed by atoms with Crippen LogP contribution in [-0.2, 0) is 10.9 Å². The maximum absolute atomic E-state index is 14.1. The van der Waals surface area contributed by atoms with Gasteiger partial charge in [0.25, 0.3) is 5.65 Å². The summed E-state index contributed by atoms with van der Waals surface area (Å²) in [5.74, 6) is -0.295. The summed E-state index contributed by atoms with van der Waals surface area (Å²) in [6.07, 6.45) is -0.0712. The molecule has 0 bridgehead atoms. The third-order valence-corrected chi connectivity index (χ3v) is 10.5. The monoisotopic (exact) mass is 781 g/mol. The van der Waals surface area contributed by atoms with Gasteiger partial charge in [0.15, 0.2) is 22.9 Å². The van der Waals surface area contributed by atoms with Gasteiger partial charge in [-0.1, -0.05) is 10.7 Å². The number of alkyl halides is 6. The highest BCUT2D eigenvalue weighted by molar-refractivity contribution is 5.68. The van der Waals surface area contributed by atoms with Crippen LogP contribution in [0.5, 0.6) is 5.75 Å². The minimum Gasteiger partial charge on any atom is -0.402 e. The molecule has 0 radical (unpaired) electrons. The van der Waals surface area contributed by atoms with E-state index in [1.807, 2.05) is 6.07 Å². The molecule has 2 aliphatic carbocycles. The lowest BCUT2D eigenvalue weighted by Gasteiger charge is -2.28. The number of hydrogen-bond donors (Lipinski definition) is 3. The summed E-state index contributed by atoms with van der Waals surface area (Å²) >= 11 is 0. The van der Waals surface area contributed by atoms with Gasteiger partial charge in [-0.25, -0.2) is 0 Å². The predicted molar refractivity (Wildman–Crippen MR) is 194 cm³/mol. The first-order valence-electron chi connectivity index (χ1n) is 18.4. The van der Waals surface area contributed by atoms with Gasteiger partial charge >= 0.3 is 18.4 Å².